The summed E-state index contributed by atoms with van der Waals surface area (Å²) in [6, 6.07) is 0. The lowest BCUT2D eigenvalue weighted by Gasteiger charge is -2.51. The van der Waals surface area contributed by atoms with E-state index < -0.39 is 0 Å². The molecule has 3 aliphatic rings. The molecule has 0 N–H and O–H groups in total. The maximum absolute atomic E-state index is 13.0. The molecule has 0 aromatic rings. The number of allylic oxidation sites excluding steroid dienone is 1. The molecule has 4 heteroatoms. The van der Waals surface area contributed by atoms with Crippen molar-refractivity contribution in [2.75, 3.05) is 0 Å². The number of fused-ring (bicyclic) bond motifs is 3. The van der Waals surface area contributed by atoms with Crippen LogP contribution in [0.25, 0.3) is 0 Å². The molecule has 3 unspecified atom stereocenters. The van der Waals surface area contributed by atoms with E-state index in [-0.39, 0.29) is 35.1 Å². The number of hydrogen-bond acceptors (Lipinski definition) is 4. The first-order valence-corrected chi connectivity index (χ1v) is 9.75. The van der Waals surface area contributed by atoms with Gasteiger partial charge in [-0.15, -0.1) is 0 Å². The number of rotatable bonds is 1. The highest BCUT2D eigenvalue weighted by molar-refractivity contribution is 5.94. The molecule has 3 rings (SSSR count). The van der Waals surface area contributed by atoms with Gasteiger partial charge in [-0.2, -0.15) is 0 Å². The lowest BCUT2D eigenvalue weighted by molar-refractivity contribution is -0.148. The normalized spacial score (nSPS) is 39.2. The lowest BCUT2D eigenvalue weighted by atomic mass is 9.53. The molecular weight excluding hydrogens is 316 g/mol. The van der Waals surface area contributed by atoms with Crippen LogP contribution in [-0.2, 0) is 19.1 Å². The molecule has 25 heavy (non-hydrogen) atoms. The van der Waals surface area contributed by atoms with E-state index in [4.69, 9.17) is 4.74 Å². The molecule has 5 atom stereocenters. The summed E-state index contributed by atoms with van der Waals surface area (Å²) in [6.07, 6.45) is 8.15. The molecule has 2 fully saturated rings. The summed E-state index contributed by atoms with van der Waals surface area (Å²) in [6.45, 7) is 5.88. The molecule has 0 aliphatic heterocycles. The molecule has 3 aliphatic carbocycles. The summed E-state index contributed by atoms with van der Waals surface area (Å²) >= 11 is 0. The van der Waals surface area contributed by atoms with Gasteiger partial charge in [-0.1, -0.05) is 19.4 Å². The first kappa shape index (κ1) is 18.3. The van der Waals surface area contributed by atoms with Gasteiger partial charge in [-0.25, -0.2) is 0 Å². The zero-order chi connectivity index (χ0) is 18.2. The maximum Gasteiger partial charge on any atom is 0.302 e. The number of ether oxygens (including phenoxy) is 1. The Hall–Kier alpha value is -1.45. The number of esters is 1. The monoisotopic (exact) mass is 346 g/mol. The summed E-state index contributed by atoms with van der Waals surface area (Å²) < 4.78 is 5.42. The Kier molecular flexibility index (Phi) is 5.17. The molecule has 138 valence electrons. The van der Waals surface area contributed by atoms with Crippen molar-refractivity contribution in [1.29, 1.82) is 0 Å². The van der Waals surface area contributed by atoms with Crippen molar-refractivity contribution in [3.8, 4) is 0 Å². The topological polar surface area (TPSA) is 60.4 Å². The zero-order valence-electron chi connectivity index (χ0n) is 15.7. The van der Waals surface area contributed by atoms with Gasteiger partial charge in [0.25, 0.3) is 0 Å². The molecule has 0 aromatic carbocycles. The number of carbonyl (C=O) groups is 3. The van der Waals surface area contributed by atoms with Crippen molar-refractivity contribution in [3.63, 3.8) is 0 Å². The van der Waals surface area contributed by atoms with Gasteiger partial charge in [0.15, 0.2) is 5.78 Å². The van der Waals surface area contributed by atoms with Gasteiger partial charge in [-0.05, 0) is 55.4 Å². The first-order valence-electron chi connectivity index (χ1n) is 9.75. The Balaban J connectivity index is 1.90. The Morgan fingerprint density at radius 3 is 2.68 bits per heavy atom. The Bertz CT molecular complexity index is 605. The summed E-state index contributed by atoms with van der Waals surface area (Å²) in [5.74, 6) is 0.908. The van der Waals surface area contributed by atoms with Crippen LogP contribution in [0.15, 0.2) is 11.6 Å². The molecule has 0 radical (unpaired) electrons. The van der Waals surface area contributed by atoms with Crippen molar-refractivity contribution in [2.45, 2.75) is 78.2 Å². The smallest absolute Gasteiger partial charge is 0.302 e. The molecule has 0 bridgehead atoms. The van der Waals surface area contributed by atoms with Gasteiger partial charge in [0.1, 0.15) is 11.9 Å². The minimum absolute atomic E-state index is 0.00310. The Morgan fingerprint density at radius 1 is 1.20 bits per heavy atom. The maximum atomic E-state index is 13.0. The van der Waals surface area contributed by atoms with E-state index in [9.17, 15) is 14.4 Å². The molecule has 2 saturated carbocycles. The highest BCUT2D eigenvalue weighted by atomic mass is 16.5. The lowest BCUT2D eigenvalue weighted by Crippen LogP contribution is -2.47. The number of Topliss-reactive ketones (excluding diaryl/α,β-unsaturated/α-hetero) is 1. The minimum Gasteiger partial charge on any atom is -0.462 e. The molecule has 0 heterocycles. The molecule has 0 aromatic heterocycles. The van der Waals surface area contributed by atoms with Crippen LogP contribution in [0.5, 0.6) is 0 Å². The Labute approximate surface area is 150 Å². The van der Waals surface area contributed by atoms with Crippen LogP contribution in [0, 0.1) is 23.2 Å². The number of ketones is 2. The molecule has 4 nitrogen and oxygen atoms in total. The fourth-order valence-electron chi connectivity index (χ4n) is 5.43. The van der Waals surface area contributed by atoms with Crippen LogP contribution >= 0.6 is 0 Å². The third-order valence-electron chi connectivity index (χ3n) is 6.86. The molecule has 0 saturated heterocycles. The standard InChI is InChI=1S/C21H30O4/c1-13-7-8-16(23)5-4-6-18-20(13)19(24)12-15-11-17(25-14(2)22)9-10-21(15,18)3/h12-13,17-18,20H,4-11H2,1-3H3/t13?,17-,18?,20?,21-/m0/s1. The van der Waals surface area contributed by atoms with Gasteiger partial charge >= 0.3 is 5.97 Å². The van der Waals surface area contributed by atoms with Crippen molar-refractivity contribution < 1.29 is 19.1 Å². The summed E-state index contributed by atoms with van der Waals surface area (Å²) in [5.41, 5.74) is 1.16. The van der Waals surface area contributed by atoms with E-state index in [1.165, 1.54) is 6.92 Å². The van der Waals surface area contributed by atoms with Gasteiger partial charge < -0.3 is 4.74 Å². The predicted octanol–water partition coefficient (Wildman–Crippen LogP) is 4.02. The van der Waals surface area contributed by atoms with E-state index in [1.807, 2.05) is 6.08 Å². The van der Waals surface area contributed by atoms with Gasteiger partial charge in [0.05, 0.1) is 0 Å². The van der Waals surface area contributed by atoms with Crippen LogP contribution in [0.4, 0.5) is 0 Å². The quantitative estimate of drug-likeness (QED) is 0.673. The summed E-state index contributed by atoms with van der Waals surface area (Å²) in [5, 5.41) is 0. The molecule has 0 spiro atoms. The van der Waals surface area contributed by atoms with Gasteiger partial charge in [0, 0.05) is 32.1 Å². The van der Waals surface area contributed by atoms with Crippen molar-refractivity contribution >= 4 is 17.5 Å². The SMILES string of the molecule is CC(=O)O[C@H]1CC[C@@]2(C)C(=CC(=O)C3C(C)CCC(=O)CCCC32)C1. The highest BCUT2D eigenvalue weighted by Crippen LogP contribution is 2.55. The van der Waals surface area contributed by atoms with E-state index in [1.54, 1.807) is 0 Å². The number of hydrogen-bond donors (Lipinski definition) is 0. The largest absolute Gasteiger partial charge is 0.462 e. The van der Waals surface area contributed by atoms with E-state index in [0.29, 0.717) is 31.0 Å². The minimum atomic E-state index is -0.246. The van der Waals surface area contributed by atoms with Crippen LogP contribution < -0.4 is 0 Å². The van der Waals surface area contributed by atoms with Gasteiger partial charge in [-0.3, -0.25) is 14.4 Å². The predicted molar refractivity (Wildman–Crippen MR) is 94.8 cm³/mol. The third-order valence-corrected chi connectivity index (χ3v) is 6.86. The van der Waals surface area contributed by atoms with Crippen LogP contribution in [0.1, 0.15) is 72.1 Å². The van der Waals surface area contributed by atoms with E-state index in [0.717, 1.165) is 37.7 Å². The average molecular weight is 346 g/mol. The van der Waals surface area contributed by atoms with Gasteiger partial charge in [0.2, 0.25) is 0 Å². The van der Waals surface area contributed by atoms with Crippen LogP contribution in [0.3, 0.4) is 0 Å². The zero-order valence-corrected chi connectivity index (χ0v) is 15.7. The van der Waals surface area contributed by atoms with E-state index in [2.05, 4.69) is 13.8 Å². The average Bonchev–Trinajstić information content (AvgIpc) is 2.60. The second kappa shape index (κ2) is 7.05. The summed E-state index contributed by atoms with van der Waals surface area (Å²) in [4.78, 5) is 36.2. The van der Waals surface area contributed by atoms with E-state index >= 15 is 0 Å². The van der Waals surface area contributed by atoms with Crippen molar-refractivity contribution in [3.05, 3.63) is 11.6 Å². The molecular formula is C21H30O4. The Morgan fingerprint density at radius 2 is 1.96 bits per heavy atom. The third kappa shape index (κ3) is 3.58. The van der Waals surface area contributed by atoms with Crippen molar-refractivity contribution in [1.82, 2.24) is 0 Å². The second-order valence-corrected chi connectivity index (χ2v) is 8.54. The van der Waals surface area contributed by atoms with Crippen LogP contribution in [-0.4, -0.2) is 23.6 Å². The summed E-state index contributed by atoms with van der Waals surface area (Å²) in [7, 11) is 0. The number of carbonyl (C=O) groups excluding carboxylic acids is 3. The highest BCUT2D eigenvalue weighted by Gasteiger charge is 2.51. The fourth-order valence-corrected chi connectivity index (χ4v) is 5.43. The fraction of sp³-hybridized carbons (Fsp3) is 0.762. The van der Waals surface area contributed by atoms with Crippen LogP contribution in [0.2, 0.25) is 0 Å². The molecule has 0 amide bonds. The van der Waals surface area contributed by atoms with Crippen molar-refractivity contribution in [2.24, 2.45) is 23.2 Å². The first-order chi connectivity index (χ1) is 11.8. The second-order valence-electron chi connectivity index (χ2n) is 8.54.